The molecule has 0 unspecified atom stereocenters. The Morgan fingerprint density at radius 2 is 1.19 bits per heavy atom. The van der Waals surface area contributed by atoms with Crippen molar-refractivity contribution in [3.8, 4) is 0 Å². The Labute approximate surface area is 223 Å². The normalized spacial score (nSPS) is 18.7. The quantitative estimate of drug-likeness (QED) is 0.264. The van der Waals surface area contributed by atoms with Crippen LogP contribution in [-0.4, -0.2) is 130 Å². The predicted octanol–water partition coefficient (Wildman–Crippen LogP) is 2.64. The van der Waals surface area contributed by atoms with Crippen LogP contribution >= 0.6 is 0 Å². The van der Waals surface area contributed by atoms with E-state index in [1.165, 1.54) is 0 Å². The highest BCUT2D eigenvalue weighted by atomic mass is 16.6. The molecule has 0 aliphatic carbocycles. The summed E-state index contributed by atoms with van der Waals surface area (Å²) >= 11 is 0. The molecule has 10 heteroatoms. The fourth-order valence-corrected chi connectivity index (χ4v) is 4.35. The van der Waals surface area contributed by atoms with Crippen LogP contribution in [0.1, 0.15) is 54.4 Å². The molecule has 2 aliphatic rings. The lowest BCUT2D eigenvalue weighted by molar-refractivity contribution is -0.160. The van der Waals surface area contributed by atoms with Crippen molar-refractivity contribution in [2.24, 2.45) is 5.92 Å². The summed E-state index contributed by atoms with van der Waals surface area (Å²) in [6, 6.07) is 0. The van der Waals surface area contributed by atoms with E-state index in [0.717, 1.165) is 65.2 Å². The number of carbonyl (C=O) groups is 2. The van der Waals surface area contributed by atoms with Crippen LogP contribution in [-0.2, 0) is 28.5 Å². The maximum absolute atomic E-state index is 12.3. The molecule has 0 radical (unpaired) electrons. The Kier molecular flexibility index (Phi) is 13.6. The van der Waals surface area contributed by atoms with Crippen molar-refractivity contribution < 1.29 is 33.3 Å². The van der Waals surface area contributed by atoms with Gasteiger partial charge in [0.1, 0.15) is 17.8 Å². The first-order valence-corrected chi connectivity index (χ1v) is 13.8. The first kappa shape index (κ1) is 31.8. The van der Waals surface area contributed by atoms with Crippen LogP contribution < -0.4 is 0 Å². The summed E-state index contributed by atoms with van der Waals surface area (Å²) in [7, 11) is 0. The Balaban J connectivity index is 1.41. The number of esters is 1. The van der Waals surface area contributed by atoms with E-state index in [2.05, 4.69) is 9.80 Å². The van der Waals surface area contributed by atoms with Crippen molar-refractivity contribution in [3.05, 3.63) is 0 Å². The van der Waals surface area contributed by atoms with Gasteiger partial charge in [-0.2, -0.15) is 0 Å². The van der Waals surface area contributed by atoms with Gasteiger partial charge in [-0.3, -0.25) is 4.90 Å². The van der Waals surface area contributed by atoms with Crippen LogP contribution in [0.4, 0.5) is 4.79 Å². The van der Waals surface area contributed by atoms with Crippen LogP contribution in [0.3, 0.4) is 0 Å². The van der Waals surface area contributed by atoms with Crippen LogP contribution in [0.25, 0.3) is 0 Å². The van der Waals surface area contributed by atoms with E-state index in [9.17, 15) is 9.59 Å². The van der Waals surface area contributed by atoms with Crippen molar-refractivity contribution in [1.29, 1.82) is 0 Å². The van der Waals surface area contributed by atoms with Gasteiger partial charge in [0.25, 0.3) is 0 Å². The summed E-state index contributed by atoms with van der Waals surface area (Å²) in [5, 5.41) is 0. The van der Waals surface area contributed by atoms with Gasteiger partial charge in [0, 0.05) is 52.4 Å². The van der Waals surface area contributed by atoms with Crippen molar-refractivity contribution in [2.75, 3.05) is 92.0 Å². The third kappa shape index (κ3) is 14.9. The molecule has 37 heavy (non-hydrogen) atoms. The molecule has 0 aromatic carbocycles. The molecule has 0 aromatic heterocycles. The molecule has 216 valence electrons. The monoisotopic (exact) mass is 529 g/mol. The number of nitrogens with zero attached hydrogens (tertiary/aromatic N) is 3. The molecule has 10 nitrogen and oxygen atoms in total. The SMILES string of the molecule is CC(C)(C)OC(=O)COCCOCCOCCN1CCN(CC2CCN(C(=O)OC(C)(C)C)CC2)CC1. The van der Waals surface area contributed by atoms with Crippen LogP contribution in [0, 0.1) is 5.92 Å². The highest BCUT2D eigenvalue weighted by Gasteiger charge is 2.28. The van der Waals surface area contributed by atoms with Crippen molar-refractivity contribution in [1.82, 2.24) is 14.7 Å². The van der Waals surface area contributed by atoms with Gasteiger partial charge in [-0.15, -0.1) is 0 Å². The Morgan fingerprint density at radius 1 is 0.676 bits per heavy atom. The van der Waals surface area contributed by atoms with Crippen molar-refractivity contribution >= 4 is 12.1 Å². The number of amides is 1. The molecule has 1 amide bonds. The van der Waals surface area contributed by atoms with E-state index in [0.29, 0.717) is 39.0 Å². The molecule has 0 saturated carbocycles. The summed E-state index contributed by atoms with van der Waals surface area (Å²) in [6.45, 7) is 21.6. The van der Waals surface area contributed by atoms with Gasteiger partial charge in [0.15, 0.2) is 0 Å². The molecule has 2 aliphatic heterocycles. The van der Waals surface area contributed by atoms with Gasteiger partial charge < -0.3 is 33.5 Å². The molecule has 2 heterocycles. The van der Waals surface area contributed by atoms with Gasteiger partial charge in [-0.1, -0.05) is 0 Å². The smallest absolute Gasteiger partial charge is 0.410 e. The minimum atomic E-state index is -0.494. The number of hydrogen-bond donors (Lipinski definition) is 0. The third-order valence-electron chi connectivity index (χ3n) is 6.18. The van der Waals surface area contributed by atoms with Gasteiger partial charge in [0.05, 0.1) is 33.0 Å². The summed E-state index contributed by atoms with van der Waals surface area (Å²) in [4.78, 5) is 30.7. The zero-order valence-electron chi connectivity index (χ0n) is 24.1. The van der Waals surface area contributed by atoms with Gasteiger partial charge in [-0.05, 0) is 60.3 Å². The van der Waals surface area contributed by atoms with Gasteiger partial charge in [0.2, 0.25) is 0 Å². The lowest BCUT2D eigenvalue weighted by Crippen LogP contribution is -2.50. The minimum Gasteiger partial charge on any atom is -0.458 e. The van der Waals surface area contributed by atoms with E-state index >= 15 is 0 Å². The fraction of sp³-hybridized carbons (Fsp3) is 0.926. The third-order valence-corrected chi connectivity index (χ3v) is 6.18. The molecule has 2 rings (SSSR count). The second kappa shape index (κ2) is 15.8. The zero-order chi connectivity index (χ0) is 27.3. The molecule has 0 bridgehead atoms. The van der Waals surface area contributed by atoms with Crippen LogP contribution in [0.15, 0.2) is 0 Å². The maximum Gasteiger partial charge on any atom is 0.410 e. The molecule has 0 N–H and O–H groups in total. The fourth-order valence-electron chi connectivity index (χ4n) is 4.35. The molecule has 2 fully saturated rings. The van der Waals surface area contributed by atoms with E-state index in [1.54, 1.807) is 0 Å². The number of rotatable bonds is 13. The first-order valence-electron chi connectivity index (χ1n) is 13.8. The Hall–Kier alpha value is -1.46. The van der Waals surface area contributed by atoms with Crippen LogP contribution in [0.2, 0.25) is 0 Å². The number of carbonyl (C=O) groups excluding carboxylic acids is 2. The summed E-state index contributed by atoms with van der Waals surface area (Å²) < 4.78 is 27.1. The predicted molar refractivity (Wildman–Crippen MR) is 142 cm³/mol. The number of piperazine rings is 1. The lowest BCUT2D eigenvalue weighted by Gasteiger charge is -2.39. The number of piperidine rings is 1. The molecule has 0 atom stereocenters. The number of likely N-dealkylation sites (tertiary alicyclic amines) is 1. The largest absolute Gasteiger partial charge is 0.458 e. The van der Waals surface area contributed by atoms with E-state index in [1.807, 2.05) is 46.4 Å². The highest BCUT2D eigenvalue weighted by molar-refractivity contribution is 5.71. The van der Waals surface area contributed by atoms with Gasteiger partial charge in [-0.25, -0.2) is 9.59 Å². The average molecular weight is 530 g/mol. The molecular formula is C27H51N3O7. The molecule has 2 saturated heterocycles. The van der Waals surface area contributed by atoms with Crippen molar-refractivity contribution in [3.63, 3.8) is 0 Å². The summed E-state index contributed by atoms with van der Waals surface area (Å²) in [6.07, 6.45) is 1.91. The number of ether oxygens (including phenoxy) is 5. The topological polar surface area (TPSA) is 90.0 Å². The van der Waals surface area contributed by atoms with Crippen LogP contribution in [0.5, 0.6) is 0 Å². The second-order valence-corrected chi connectivity index (χ2v) is 11.9. The molecular weight excluding hydrogens is 478 g/mol. The lowest BCUT2D eigenvalue weighted by atomic mass is 9.96. The van der Waals surface area contributed by atoms with Crippen molar-refractivity contribution in [2.45, 2.75) is 65.6 Å². The highest BCUT2D eigenvalue weighted by Crippen LogP contribution is 2.21. The van der Waals surface area contributed by atoms with E-state index < -0.39 is 11.2 Å². The molecule has 0 spiro atoms. The zero-order valence-corrected chi connectivity index (χ0v) is 24.1. The maximum atomic E-state index is 12.3. The van der Waals surface area contributed by atoms with E-state index in [4.69, 9.17) is 23.7 Å². The van der Waals surface area contributed by atoms with E-state index in [-0.39, 0.29) is 18.7 Å². The Morgan fingerprint density at radius 3 is 1.76 bits per heavy atom. The summed E-state index contributed by atoms with van der Waals surface area (Å²) in [5.74, 6) is 0.286. The molecule has 0 aromatic rings. The standard InChI is InChI=1S/C27H51N3O7/c1-26(2,3)36-24(31)22-35-20-19-34-18-17-33-16-15-28-11-13-29(14-12-28)21-23-7-9-30(10-8-23)25(32)37-27(4,5)6/h23H,7-22H2,1-6H3. The summed E-state index contributed by atoms with van der Waals surface area (Å²) in [5.41, 5.74) is -0.932. The average Bonchev–Trinajstić information content (AvgIpc) is 2.79. The first-order chi connectivity index (χ1) is 17.4. The van der Waals surface area contributed by atoms with Gasteiger partial charge >= 0.3 is 12.1 Å². The Bertz CT molecular complexity index is 662. The minimum absolute atomic E-state index is 0.0578. The second-order valence-electron chi connectivity index (χ2n) is 11.9. The number of hydrogen-bond acceptors (Lipinski definition) is 9.